The Balaban J connectivity index is 1.85. The number of nitrogens with zero attached hydrogens (tertiary/aromatic N) is 2. The van der Waals surface area contributed by atoms with Crippen LogP contribution in [0.2, 0.25) is 0 Å². The van der Waals surface area contributed by atoms with E-state index < -0.39 is 5.92 Å². The molecule has 26 heavy (non-hydrogen) atoms. The first kappa shape index (κ1) is 18.2. The zero-order valence-corrected chi connectivity index (χ0v) is 15.2. The highest BCUT2D eigenvalue weighted by Crippen LogP contribution is 2.35. The monoisotopic (exact) mass is 359 g/mol. The van der Waals surface area contributed by atoms with Gasteiger partial charge in [-0.3, -0.25) is 4.98 Å². The third-order valence-corrected chi connectivity index (χ3v) is 4.49. The van der Waals surface area contributed by atoms with Gasteiger partial charge in [-0.25, -0.2) is 4.99 Å². The van der Waals surface area contributed by atoms with Gasteiger partial charge < -0.3 is 16.0 Å². The number of allylic oxidation sites excluding steroid dienone is 1. The summed E-state index contributed by atoms with van der Waals surface area (Å²) in [5, 5.41) is 14.8. The number of nitrogens with one attached hydrogen (secondary N) is 3. The van der Waals surface area contributed by atoms with Crippen LogP contribution in [0.1, 0.15) is 50.9 Å². The minimum absolute atomic E-state index is 0.207. The summed E-state index contributed by atoms with van der Waals surface area (Å²) in [7, 11) is 0. The maximum Gasteiger partial charge on any atom is 0.286 e. The van der Waals surface area contributed by atoms with E-state index in [1.54, 1.807) is 6.07 Å². The molecular formula is C19H23F2N5. The van der Waals surface area contributed by atoms with E-state index >= 15 is 0 Å². The molecule has 3 rings (SSSR count). The predicted molar refractivity (Wildman–Crippen MR) is 98.2 cm³/mol. The van der Waals surface area contributed by atoms with Gasteiger partial charge in [0.15, 0.2) is 0 Å². The maximum absolute atomic E-state index is 13.3. The molecule has 0 saturated heterocycles. The zero-order chi connectivity index (χ0) is 19.1. The van der Waals surface area contributed by atoms with Crippen molar-refractivity contribution in [1.29, 1.82) is 5.41 Å². The molecule has 1 aliphatic carbocycles. The van der Waals surface area contributed by atoms with Crippen molar-refractivity contribution < 1.29 is 8.78 Å². The molecule has 1 aliphatic heterocycles. The van der Waals surface area contributed by atoms with Crippen molar-refractivity contribution in [2.75, 3.05) is 0 Å². The summed E-state index contributed by atoms with van der Waals surface area (Å²) >= 11 is 0. The Kier molecular flexibility index (Phi) is 4.64. The lowest BCUT2D eigenvalue weighted by atomic mass is 10.0. The Bertz CT molecular complexity index is 798. The summed E-state index contributed by atoms with van der Waals surface area (Å²) < 4.78 is 26.6. The number of alkyl halides is 2. The topological polar surface area (TPSA) is 73.2 Å². The zero-order valence-electron chi connectivity index (χ0n) is 15.2. The second-order valence-corrected chi connectivity index (χ2v) is 6.94. The molecule has 0 bridgehead atoms. The molecule has 0 radical (unpaired) electrons. The van der Waals surface area contributed by atoms with E-state index in [9.17, 15) is 8.78 Å². The van der Waals surface area contributed by atoms with Crippen molar-refractivity contribution in [3.8, 4) is 0 Å². The van der Waals surface area contributed by atoms with Crippen LogP contribution in [0, 0.1) is 11.3 Å². The number of halogens is 2. The number of hydrogen-bond donors (Lipinski definition) is 3. The molecule has 1 fully saturated rings. The van der Waals surface area contributed by atoms with Gasteiger partial charge in [0, 0.05) is 30.4 Å². The van der Waals surface area contributed by atoms with Crippen LogP contribution in [-0.2, 0) is 5.92 Å². The number of aliphatic imine (C=N–C) groups is 1. The fraction of sp³-hybridized carbons (Fsp3) is 0.421. The first-order valence-corrected chi connectivity index (χ1v) is 8.62. The van der Waals surface area contributed by atoms with Crippen molar-refractivity contribution in [3.05, 3.63) is 53.3 Å². The van der Waals surface area contributed by atoms with Crippen LogP contribution in [0.25, 0.3) is 0 Å². The average molecular weight is 359 g/mol. The Labute approximate surface area is 151 Å². The molecule has 2 aliphatic rings. The van der Waals surface area contributed by atoms with Crippen LogP contribution < -0.4 is 10.6 Å². The van der Waals surface area contributed by atoms with E-state index in [0.29, 0.717) is 28.6 Å². The number of hydrogen-bond acceptors (Lipinski definition) is 5. The lowest BCUT2D eigenvalue weighted by Crippen LogP contribution is -2.33. The SMILES string of the molecule is C=C1NC(C)=NC(NC(C)c2ccc(C(C)(F)F)nc2)=C1C(=N)C1CC1. The molecule has 0 spiro atoms. The van der Waals surface area contributed by atoms with Crippen molar-refractivity contribution in [3.63, 3.8) is 0 Å². The highest BCUT2D eigenvalue weighted by molar-refractivity contribution is 6.07. The highest BCUT2D eigenvalue weighted by Gasteiger charge is 2.33. The van der Waals surface area contributed by atoms with Gasteiger partial charge in [-0.05, 0) is 38.3 Å². The number of aromatic nitrogens is 1. The largest absolute Gasteiger partial charge is 0.363 e. The van der Waals surface area contributed by atoms with Crippen LogP contribution in [-0.4, -0.2) is 16.5 Å². The first-order valence-electron chi connectivity index (χ1n) is 8.62. The molecule has 1 aromatic heterocycles. The van der Waals surface area contributed by atoms with E-state index in [0.717, 1.165) is 25.3 Å². The van der Waals surface area contributed by atoms with Crippen LogP contribution >= 0.6 is 0 Å². The second kappa shape index (κ2) is 6.63. The van der Waals surface area contributed by atoms with Crippen LogP contribution in [0.4, 0.5) is 8.78 Å². The molecule has 1 aromatic rings. The third kappa shape index (κ3) is 3.81. The molecule has 5 nitrogen and oxygen atoms in total. The molecule has 1 atom stereocenters. The fourth-order valence-corrected chi connectivity index (χ4v) is 2.86. The molecule has 1 saturated carbocycles. The average Bonchev–Trinajstić information content (AvgIpc) is 3.38. The van der Waals surface area contributed by atoms with Crippen LogP contribution in [0.3, 0.4) is 0 Å². The quantitative estimate of drug-likeness (QED) is 0.672. The van der Waals surface area contributed by atoms with E-state index in [1.165, 1.54) is 12.3 Å². The van der Waals surface area contributed by atoms with Gasteiger partial charge in [0.2, 0.25) is 0 Å². The molecule has 2 heterocycles. The van der Waals surface area contributed by atoms with E-state index in [1.807, 2.05) is 13.8 Å². The molecule has 7 heteroatoms. The van der Waals surface area contributed by atoms with Gasteiger partial charge in [0.1, 0.15) is 17.4 Å². The number of pyridine rings is 1. The number of amidine groups is 1. The van der Waals surface area contributed by atoms with E-state index in [4.69, 9.17) is 5.41 Å². The molecule has 0 amide bonds. The van der Waals surface area contributed by atoms with Crippen molar-refractivity contribution in [1.82, 2.24) is 15.6 Å². The standard InChI is InChI=1S/C19H23F2N5/c1-10(14-7-8-15(23-9-14)19(4,20)21)25-18-16(17(22)13-5-6-13)11(2)24-12(3)26-18/h7-10,13,22,25H,2,5-6H2,1,3-4H3,(H,24,26). The van der Waals surface area contributed by atoms with Gasteiger partial charge >= 0.3 is 0 Å². The summed E-state index contributed by atoms with van der Waals surface area (Å²) in [5.41, 5.74) is 2.39. The van der Waals surface area contributed by atoms with Crippen LogP contribution in [0.5, 0.6) is 0 Å². The lowest BCUT2D eigenvalue weighted by molar-refractivity contribution is 0.0127. The molecule has 0 aromatic carbocycles. The summed E-state index contributed by atoms with van der Waals surface area (Å²) in [5.74, 6) is -1.42. The summed E-state index contributed by atoms with van der Waals surface area (Å²) in [6.45, 7) is 8.58. The molecule has 138 valence electrons. The van der Waals surface area contributed by atoms with E-state index in [-0.39, 0.29) is 17.7 Å². The van der Waals surface area contributed by atoms with Gasteiger partial charge in [-0.1, -0.05) is 12.6 Å². The molecular weight excluding hydrogens is 336 g/mol. The second-order valence-electron chi connectivity index (χ2n) is 6.94. The highest BCUT2D eigenvalue weighted by atomic mass is 19.3. The van der Waals surface area contributed by atoms with Gasteiger partial charge in [0.25, 0.3) is 5.92 Å². The predicted octanol–water partition coefficient (Wildman–Crippen LogP) is 4.02. The normalized spacial score (nSPS) is 19.0. The number of rotatable bonds is 6. The molecule has 1 unspecified atom stereocenters. The van der Waals surface area contributed by atoms with Crippen molar-refractivity contribution >= 4 is 11.5 Å². The Morgan fingerprint density at radius 3 is 2.65 bits per heavy atom. The summed E-state index contributed by atoms with van der Waals surface area (Å²) in [6, 6.07) is 2.77. The Hall–Kier alpha value is -2.57. The maximum atomic E-state index is 13.3. The van der Waals surface area contributed by atoms with Crippen molar-refractivity contribution in [2.24, 2.45) is 10.9 Å². The Morgan fingerprint density at radius 2 is 2.12 bits per heavy atom. The minimum Gasteiger partial charge on any atom is -0.363 e. The van der Waals surface area contributed by atoms with Gasteiger partial charge in [-0.15, -0.1) is 0 Å². The smallest absolute Gasteiger partial charge is 0.286 e. The van der Waals surface area contributed by atoms with E-state index in [2.05, 4.69) is 27.2 Å². The van der Waals surface area contributed by atoms with Crippen molar-refractivity contribution in [2.45, 2.75) is 45.6 Å². The fourth-order valence-electron chi connectivity index (χ4n) is 2.86. The van der Waals surface area contributed by atoms with Crippen LogP contribution in [0.15, 0.2) is 47.0 Å². The first-order chi connectivity index (χ1) is 12.2. The summed E-state index contributed by atoms with van der Waals surface area (Å²) in [6.07, 6.45) is 3.47. The summed E-state index contributed by atoms with van der Waals surface area (Å²) in [4.78, 5) is 8.37. The van der Waals surface area contributed by atoms with Gasteiger partial charge in [0.05, 0.1) is 11.6 Å². The Morgan fingerprint density at radius 1 is 1.42 bits per heavy atom. The third-order valence-electron chi connectivity index (χ3n) is 4.49. The minimum atomic E-state index is -2.96. The lowest BCUT2D eigenvalue weighted by Gasteiger charge is -2.25. The molecule has 3 N–H and O–H groups in total. The van der Waals surface area contributed by atoms with Gasteiger partial charge in [-0.2, -0.15) is 8.78 Å².